The molecule has 1 aliphatic heterocycles. The average Bonchev–Trinajstić information content (AvgIpc) is 2.83. The first-order valence-corrected chi connectivity index (χ1v) is 12.9. The molecule has 192 valence electrons. The highest BCUT2D eigenvalue weighted by Crippen LogP contribution is 2.32. The van der Waals surface area contributed by atoms with Crippen LogP contribution in [0.4, 0.5) is 13.2 Å². The van der Waals surface area contributed by atoms with E-state index in [0.717, 1.165) is 26.8 Å². The summed E-state index contributed by atoms with van der Waals surface area (Å²) in [6, 6.07) is 7.32. The number of benzene rings is 2. The first-order chi connectivity index (χ1) is 16.3. The maximum atomic E-state index is 13.2. The van der Waals surface area contributed by atoms with Gasteiger partial charge in [0.15, 0.2) is 0 Å². The van der Waals surface area contributed by atoms with Crippen LogP contribution in [0.3, 0.4) is 0 Å². The topological polar surface area (TPSA) is 133 Å². The molecule has 1 saturated heterocycles. The molecule has 3 rings (SSSR count). The van der Waals surface area contributed by atoms with Crippen molar-refractivity contribution in [1.29, 1.82) is 0 Å². The molecule has 1 amide bonds. The zero-order valence-corrected chi connectivity index (χ0v) is 19.9. The van der Waals surface area contributed by atoms with E-state index in [-0.39, 0.29) is 18.0 Å². The van der Waals surface area contributed by atoms with E-state index in [9.17, 15) is 34.8 Å². The highest BCUT2D eigenvalue weighted by Gasteiger charge is 2.41. The third-order valence-corrected chi connectivity index (χ3v) is 9.23. The van der Waals surface area contributed by atoms with Gasteiger partial charge in [0.1, 0.15) is 5.75 Å². The zero-order chi connectivity index (χ0) is 26.0. The van der Waals surface area contributed by atoms with Crippen molar-refractivity contribution in [1.82, 2.24) is 14.1 Å². The van der Waals surface area contributed by atoms with Gasteiger partial charge in [-0.25, -0.2) is 22.3 Å². The van der Waals surface area contributed by atoms with E-state index < -0.39 is 61.6 Å². The van der Waals surface area contributed by atoms with Gasteiger partial charge < -0.3 is 4.74 Å². The smallest absolute Gasteiger partial charge is 0.416 e. The Labute approximate surface area is 200 Å². The minimum absolute atomic E-state index is 0.137. The average molecular weight is 538 g/mol. The highest BCUT2D eigenvalue weighted by molar-refractivity contribution is 7.89. The van der Waals surface area contributed by atoms with E-state index >= 15 is 0 Å². The lowest BCUT2D eigenvalue weighted by Crippen LogP contribution is -2.57. The fourth-order valence-corrected chi connectivity index (χ4v) is 6.76. The zero-order valence-electron chi connectivity index (χ0n) is 18.3. The Kier molecular flexibility index (Phi) is 7.76. The molecule has 1 aliphatic rings. The van der Waals surface area contributed by atoms with E-state index in [4.69, 9.17) is 9.94 Å². The standard InChI is InChI=1S/C20H22F3N3O7S2/c1-33-16-5-7-17(8-6-16)35(31,32)26-10-9-25(13-15(26)12-19(27)24-28)34(29,30)18-4-2-3-14(11-18)20(21,22)23/h2-8,11,15,28H,9-10,12-13H2,1H3,(H,24,27). The normalized spacial score (nSPS) is 18.3. The van der Waals surface area contributed by atoms with Crippen LogP contribution >= 0.6 is 0 Å². The number of hydrogen-bond acceptors (Lipinski definition) is 7. The number of hydroxylamine groups is 1. The molecule has 15 heteroatoms. The van der Waals surface area contributed by atoms with Crippen molar-refractivity contribution >= 4 is 26.0 Å². The fourth-order valence-electron chi connectivity index (χ4n) is 3.64. The molecular formula is C20H22F3N3O7S2. The molecule has 1 heterocycles. The summed E-state index contributed by atoms with van der Waals surface area (Å²) >= 11 is 0. The van der Waals surface area contributed by atoms with Crippen molar-refractivity contribution in [2.75, 3.05) is 26.7 Å². The van der Waals surface area contributed by atoms with Crippen molar-refractivity contribution in [3.63, 3.8) is 0 Å². The number of carbonyl (C=O) groups is 1. The van der Waals surface area contributed by atoms with Gasteiger partial charge in [0.05, 0.1) is 22.5 Å². The van der Waals surface area contributed by atoms with Crippen molar-refractivity contribution in [3.8, 4) is 5.75 Å². The second-order valence-corrected chi connectivity index (χ2v) is 11.4. The Hall–Kier alpha value is -2.72. The number of nitrogens with zero attached hydrogens (tertiary/aromatic N) is 2. The summed E-state index contributed by atoms with van der Waals surface area (Å²) in [6.45, 7) is -1.28. The SMILES string of the molecule is COc1ccc(S(=O)(=O)N2CCN(S(=O)(=O)c3cccc(C(F)(F)F)c3)CC2CC(=O)NO)cc1. The van der Waals surface area contributed by atoms with E-state index in [0.29, 0.717) is 11.8 Å². The van der Waals surface area contributed by atoms with E-state index in [2.05, 4.69) is 0 Å². The van der Waals surface area contributed by atoms with Gasteiger partial charge in [0.25, 0.3) is 0 Å². The van der Waals surface area contributed by atoms with Gasteiger partial charge in [-0.3, -0.25) is 10.0 Å². The number of sulfonamides is 2. The number of amides is 1. The molecule has 0 aliphatic carbocycles. The van der Waals surface area contributed by atoms with Crippen LogP contribution in [0, 0.1) is 0 Å². The van der Waals surface area contributed by atoms with Gasteiger partial charge in [-0.1, -0.05) is 6.07 Å². The number of alkyl halides is 3. The first kappa shape index (κ1) is 26.9. The molecule has 0 radical (unpaired) electrons. The summed E-state index contributed by atoms with van der Waals surface area (Å²) in [7, 11) is -7.27. The van der Waals surface area contributed by atoms with Gasteiger partial charge in [-0.2, -0.15) is 21.8 Å². The monoisotopic (exact) mass is 537 g/mol. The molecule has 1 atom stereocenters. The Morgan fingerprint density at radius 1 is 1.06 bits per heavy atom. The van der Waals surface area contributed by atoms with Crippen LogP contribution in [0.2, 0.25) is 0 Å². The van der Waals surface area contributed by atoms with E-state index in [1.54, 1.807) is 0 Å². The number of rotatable bonds is 7. The number of ether oxygens (including phenoxy) is 1. The third-order valence-electron chi connectivity index (χ3n) is 5.40. The molecule has 2 N–H and O–H groups in total. The van der Waals surface area contributed by atoms with Crippen molar-refractivity contribution in [2.45, 2.75) is 28.4 Å². The van der Waals surface area contributed by atoms with E-state index in [1.807, 2.05) is 0 Å². The first-order valence-electron chi connectivity index (χ1n) is 10.1. The van der Waals surface area contributed by atoms with Crippen LogP contribution in [0.1, 0.15) is 12.0 Å². The summed E-state index contributed by atoms with van der Waals surface area (Å²) in [5, 5.41) is 8.92. The van der Waals surface area contributed by atoms with Crippen LogP contribution < -0.4 is 10.2 Å². The number of hydrogen-bond donors (Lipinski definition) is 2. The Morgan fingerprint density at radius 2 is 1.71 bits per heavy atom. The molecule has 0 aromatic heterocycles. The second kappa shape index (κ2) is 10.1. The molecule has 1 unspecified atom stereocenters. The quantitative estimate of drug-likeness (QED) is 0.406. The summed E-state index contributed by atoms with van der Waals surface area (Å²) in [5.41, 5.74) is 0.222. The van der Waals surface area contributed by atoms with Crippen molar-refractivity contribution < 1.29 is 44.7 Å². The minimum Gasteiger partial charge on any atom is -0.497 e. The maximum Gasteiger partial charge on any atom is 0.416 e. The molecule has 0 bridgehead atoms. The number of methoxy groups -OCH3 is 1. The van der Waals surface area contributed by atoms with Crippen LogP contribution in [-0.2, 0) is 31.0 Å². The second-order valence-electron chi connectivity index (χ2n) is 7.57. The van der Waals surface area contributed by atoms with E-state index in [1.165, 1.54) is 36.9 Å². The van der Waals surface area contributed by atoms with Gasteiger partial charge in [0, 0.05) is 32.1 Å². The van der Waals surface area contributed by atoms with Gasteiger partial charge in [-0.05, 0) is 42.5 Å². The molecular weight excluding hydrogens is 515 g/mol. The number of halogens is 3. The minimum atomic E-state index is -4.77. The number of carbonyl (C=O) groups excluding carboxylic acids is 1. The summed E-state index contributed by atoms with van der Waals surface area (Å²) in [6.07, 6.45) is -5.36. The summed E-state index contributed by atoms with van der Waals surface area (Å²) in [5.74, 6) is -0.569. The van der Waals surface area contributed by atoms with Crippen molar-refractivity contribution in [2.24, 2.45) is 0 Å². The predicted molar refractivity (Wildman–Crippen MR) is 115 cm³/mol. The molecule has 1 fully saturated rings. The lowest BCUT2D eigenvalue weighted by Gasteiger charge is -2.39. The fraction of sp³-hybridized carbons (Fsp3) is 0.350. The Bertz CT molecular complexity index is 1280. The summed E-state index contributed by atoms with van der Waals surface area (Å²) < 4.78 is 98.7. The lowest BCUT2D eigenvalue weighted by atomic mass is 10.1. The maximum absolute atomic E-state index is 13.2. The van der Waals surface area contributed by atoms with Gasteiger partial charge in [0.2, 0.25) is 26.0 Å². The van der Waals surface area contributed by atoms with Crippen LogP contribution in [0.25, 0.3) is 0 Å². The molecule has 2 aromatic rings. The number of piperazine rings is 1. The highest BCUT2D eigenvalue weighted by atomic mass is 32.2. The van der Waals surface area contributed by atoms with Crippen LogP contribution in [0.5, 0.6) is 5.75 Å². The third kappa shape index (κ3) is 5.75. The molecule has 0 spiro atoms. The van der Waals surface area contributed by atoms with Crippen LogP contribution in [-0.4, -0.2) is 69.3 Å². The number of nitrogens with one attached hydrogen (secondary N) is 1. The largest absolute Gasteiger partial charge is 0.497 e. The van der Waals surface area contributed by atoms with Gasteiger partial charge in [-0.15, -0.1) is 0 Å². The van der Waals surface area contributed by atoms with Crippen molar-refractivity contribution in [3.05, 3.63) is 54.1 Å². The van der Waals surface area contributed by atoms with Crippen LogP contribution in [0.15, 0.2) is 58.3 Å². The Morgan fingerprint density at radius 3 is 2.29 bits per heavy atom. The molecule has 0 saturated carbocycles. The molecule has 35 heavy (non-hydrogen) atoms. The Balaban J connectivity index is 1.94. The predicted octanol–water partition coefficient (Wildman–Crippen LogP) is 1.67. The summed E-state index contributed by atoms with van der Waals surface area (Å²) in [4.78, 5) is 11.1. The molecule has 2 aromatic carbocycles. The van der Waals surface area contributed by atoms with Gasteiger partial charge >= 0.3 is 6.18 Å². The lowest BCUT2D eigenvalue weighted by molar-refractivity contribution is -0.137. The molecule has 10 nitrogen and oxygen atoms in total.